The zero-order chi connectivity index (χ0) is 42.3. The summed E-state index contributed by atoms with van der Waals surface area (Å²) in [6.07, 6.45) is -8.85. The lowest BCUT2D eigenvalue weighted by atomic mass is 9.49. The van der Waals surface area contributed by atoms with Gasteiger partial charge in [-0.05, 0) is 73.7 Å². The minimum absolute atomic E-state index is 0.159. The number of hydrogen-bond acceptors (Lipinski definition) is 9. The minimum atomic E-state index is -5.16. The van der Waals surface area contributed by atoms with Crippen molar-refractivity contribution < 1.29 is 55.4 Å². The van der Waals surface area contributed by atoms with Gasteiger partial charge in [0.05, 0.1) is 33.9 Å². The zero-order valence-electron chi connectivity index (χ0n) is 30.9. The van der Waals surface area contributed by atoms with Gasteiger partial charge in [0.15, 0.2) is 5.82 Å². The number of benzene rings is 3. The Kier molecular flexibility index (Phi) is 9.44. The lowest BCUT2D eigenvalue weighted by Gasteiger charge is -2.50. The van der Waals surface area contributed by atoms with Crippen LogP contribution in [0.3, 0.4) is 0 Å². The lowest BCUT2D eigenvalue weighted by Crippen LogP contribution is -2.53. The first-order chi connectivity index (χ1) is 27.8. The Bertz CT molecular complexity index is 2430. The summed E-state index contributed by atoms with van der Waals surface area (Å²) in [6.45, 7) is 1.84. The van der Waals surface area contributed by atoms with Gasteiger partial charge in [0.2, 0.25) is 0 Å². The van der Waals surface area contributed by atoms with Crippen LogP contribution in [-0.4, -0.2) is 57.1 Å². The van der Waals surface area contributed by atoms with Gasteiger partial charge in [0.25, 0.3) is 23.6 Å². The number of nitrogens with zero attached hydrogens (tertiary/aromatic N) is 4. The number of imide groups is 2. The molecule has 6 atom stereocenters. The molecule has 306 valence electrons. The molecule has 2 saturated heterocycles. The van der Waals surface area contributed by atoms with E-state index in [4.69, 9.17) is 11.6 Å². The summed E-state index contributed by atoms with van der Waals surface area (Å²) in [6, 6.07) is 19.2. The van der Waals surface area contributed by atoms with E-state index in [9.17, 15) is 45.8 Å². The first kappa shape index (κ1) is 39.7. The maximum atomic E-state index is 15.3. The largest absolute Gasteiger partial charge is 0.573 e. The standard InChI is InChI=1S/C41H32ClF6N5O6/c1-20-8-10-22(11-9-20)50-52-36(56)28-19-26-24(13-14-25-32(26)37(57)53(35(25)55)51(2)34-29(42)15-17-31(49-34)40(43,44)45)33(39(28,38(52)58)21-6-4-3-5-7-21)27-18-23(12-16-30(27)54)59-41(46,47)48/h3-13,15-18,25-26,28,32-33,50,54H,14,19H2,1-2H3/t25-,26+,28-,32-,33+,39+/m0/s1. The normalized spacial score (nSPS) is 25.4. The second kappa shape index (κ2) is 14.0. The number of phenols is 1. The molecule has 4 aliphatic rings. The number of carbonyl (C=O) groups excluding carboxylic acids is 4. The molecule has 18 heteroatoms. The van der Waals surface area contributed by atoms with Crippen LogP contribution in [0, 0.1) is 30.6 Å². The van der Waals surface area contributed by atoms with Crippen LogP contribution in [-0.2, 0) is 30.8 Å². The summed E-state index contributed by atoms with van der Waals surface area (Å²) in [5.41, 5.74) is 1.19. The van der Waals surface area contributed by atoms with E-state index in [0.717, 1.165) is 46.9 Å². The smallest absolute Gasteiger partial charge is 0.508 e. The van der Waals surface area contributed by atoms with Crippen LogP contribution in [0.1, 0.15) is 41.1 Å². The zero-order valence-corrected chi connectivity index (χ0v) is 31.6. The van der Waals surface area contributed by atoms with Crippen molar-refractivity contribution in [1.29, 1.82) is 0 Å². The molecule has 0 bridgehead atoms. The van der Waals surface area contributed by atoms with Crippen molar-refractivity contribution >= 4 is 46.7 Å². The van der Waals surface area contributed by atoms with E-state index < -0.39 is 94.2 Å². The second-order valence-electron chi connectivity index (χ2n) is 14.9. The topological polar surface area (TPSA) is 132 Å². The highest BCUT2D eigenvalue weighted by Crippen LogP contribution is 2.65. The number of allylic oxidation sites excluding steroid dienone is 2. The Morgan fingerprint density at radius 3 is 2.25 bits per heavy atom. The number of carbonyl (C=O) groups is 4. The molecule has 0 spiro atoms. The third-order valence-electron chi connectivity index (χ3n) is 11.6. The molecule has 2 aliphatic carbocycles. The number of halogens is 7. The number of alkyl halides is 6. The molecule has 59 heavy (non-hydrogen) atoms. The fraction of sp³-hybridized carbons (Fsp3) is 0.293. The summed E-state index contributed by atoms with van der Waals surface area (Å²) in [4.78, 5) is 62.5. The Balaban J connectivity index is 1.30. The highest BCUT2D eigenvalue weighted by atomic mass is 35.5. The number of phenolic OH excluding ortho intramolecular Hbond substituents is 1. The van der Waals surface area contributed by atoms with E-state index in [0.29, 0.717) is 16.8 Å². The molecule has 11 nitrogen and oxygen atoms in total. The van der Waals surface area contributed by atoms with Crippen molar-refractivity contribution in [3.8, 4) is 11.5 Å². The van der Waals surface area contributed by atoms with Crippen LogP contribution in [0.2, 0.25) is 5.02 Å². The number of ether oxygens (including phenoxy) is 1. The quantitative estimate of drug-likeness (QED) is 0.109. The molecular formula is C41H32ClF6N5O6. The summed E-state index contributed by atoms with van der Waals surface area (Å²) >= 11 is 6.26. The number of aromatic nitrogens is 1. The van der Waals surface area contributed by atoms with Crippen molar-refractivity contribution in [2.24, 2.45) is 23.7 Å². The fourth-order valence-electron chi connectivity index (χ4n) is 9.24. The molecule has 3 aromatic carbocycles. The minimum Gasteiger partial charge on any atom is -0.508 e. The number of aryl methyl sites for hydroxylation is 1. The number of anilines is 2. The van der Waals surface area contributed by atoms with Crippen molar-refractivity contribution in [3.05, 3.63) is 124 Å². The molecule has 1 aromatic heterocycles. The Hall–Kier alpha value is -6.10. The molecule has 2 aliphatic heterocycles. The average Bonchev–Trinajstić information content (AvgIpc) is 3.56. The third kappa shape index (κ3) is 6.42. The van der Waals surface area contributed by atoms with Crippen molar-refractivity contribution in [3.63, 3.8) is 0 Å². The van der Waals surface area contributed by atoms with Gasteiger partial charge in [0.1, 0.15) is 17.2 Å². The van der Waals surface area contributed by atoms with Gasteiger partial charge in [-0.15, -0.1) is 13.2 Å². The van der Waals surface area contributed by atoms with E-state index in [1.807, 2.05) is 6.92 Å². The molecule has 0 unspecified atom stereocenters. The summed E-state index contributed by atoms with van der Waals surface area (Å²) in [5.74, 6) is -11.3. The summed E-state index contributed by atoms with van der Waals surface area (Å²) in [5, 5.41) is 13.6. The molecule has 4 aromatic rings. The summed E-state index contributed by atoms with van der Waals surface area (Å²) < 4.78 is 86.3. The first-order valence-corrected chi connectivity index (χ1v) is 18.6. The number of hydrogen-bond donors (Lipinski definition) is 2. The van der Waals surface area contributed by atoms with Crippen molar-refractivity contribution in [2.45, 2.75) is 43.6 Å². The SMILES string of the molecule is Cc1ccc(NN2C(=O)[C@@H]3C[C@@H]4C(=CC[C@@H]5C(=O)N(N(C)c6nc(C(F)(F)F)ccc6Cl)C(=O)[C@@H]54)[C@H](c4cc(OC(F)(F)F)ccc4O)[C@]3(c3ccccc3)C2=O)cc1. The number of amides is 4. The molecule has 3 heterocycles. The van der Waals surface area contributed by atoms with Gasteiger partial charge in [-0.2, -0.15) is 23.2 Å². The Morgan fingerprint density at radius 1 is 0.898 bits per heavy atom. The van der Waals surface area contributed by atoms with Gasteiger partial charge >= 0.3 is 12.5 Å². The molecule has 1 saturated carbocycles. The Labute approximate surface area is 336 Å². The van der Waals surface area contributed by atoms with Gasteiger partial charge < -0.3 is 9.84 Å². The van der Waals surface area contributed by atoms with Crippen LogP contribution in [0.15, 0.2) is 96.6 Å². The number of pyridine rings is 1. The number of aromatic hydroxyl groups is 1. The van der Waals surface area contributed by atoms with Crippen LogP contribution in [0.5, 0.6) is 11.5 Å². The maximum absolute atomic E-state index is 15.3. The highest BCUT2D eigenvalue weighted by Gasteiger charge is 2.71. The molecule has 4 amide bonds. The van der Waals surface area contributed by atoms with Gasteiger partial charge in [-0.3, -0.25) is 29.6 Å². The molecule has 8 rings (SSSR count). The van der Waals surface area contributed by atoms with Crippen molar-refractivity contribution in [1.82, 2.24) is 15.0 Å². The highest BCUT2D eigenvalue weighted by molar-refractivity contribution is 6.33. The average molecular weight is 840 g/mol. The molecule has 3 fully saturated rings. The number of fused-ring (bicyclic) bond motifs is 4. The van der Waals surface area contributed by atoms with E-state index in [1.54, 1.807) is 60.7 Å². The fourth-order valence-corrected chi connectivity index (χ4v) is 9.47. The molecular weight excluding hydrogens is 808 g/mol. The lowest BCUT2D eigenvalue weighted by molar-refractivity contribution is -0.274. The predicted molar refractivity (Wildman–Crippen MR) is 198 cm³/mol. The van der Waals surface area contributed by atoms with Crippen LogP contribution >= 0.6 is 11.6 Å². The van der Waals surface area contributed by atoms with Gasteiger partial charge in [0, 0.05) is 18.5 Å². The third-order valence-corrected chi connectivity index (χ3v) is 11.9. The first-order valence-electron chi connectivity index (χ1n) is 18.2. The van der Waals surface area contributed by atoms with Gasteiger partial charge in [-0.1, -0.05) is 71.3 Å². The Morgan fingerprint density at radius 2 is 1.59 bits per heavy atom. The van der Waals surface area contributed by atoms with Gasteiger partial charge in [-0.25, -0.2) is 4.98 Å². The predicted octanol–water partition coefficient (Wildman–Crippen LogP) is 7.70. The van der Waals surface area contributed by atoms with Crippen LogP contribution < -0.4 is 15.2 Å². The monoisotopic (exact) mass is 839 g/mol. The van der Waals surface area contributed by atoms with Crippen LogP contribution in [0.25, 0.3) is 0 Å². The molecule has 2 N–H and O–H groups in total. The van der Waals surface area contributed by atoms with Crippen molar-refractivity contribution in [2.75, 3.05) is 17.5 Å². The second-order valence-corrected chi connectivity index (χ2v) is 15.3. The molecule has 0 radical (unpaired) electrons. The number of nitrogens with one attached hydrogen (secondary N) is 1. The number of hydrazine groups is 2. The van der Waals surface area contributed by atoms with E-state index in [2.05, 4.69) is 15.1 Å². The van der Waals surface area contributed by atoms with Crippen LogP contribution in [0.4, 0.5) is 37.8 Å². The van der Waals surface area contributed by atoms with E-state index >= 15 is 4.79 Å². The maximum Gasteiger partial charge on any atom is 0.573 e. The number of rotatable bonds is 7. The summed E-state index contributed by atoms with van der Waals surface area (Å²) in [7, 11) is 1.15. The van der Waals surface area contributed by atoms with E-state index in [1.165, 1.54) is 0 Å². The van der Waals surface area contributed by atoms with E-state index in [-0.39, 0.29) is 34.6 Å².